The van der Waals surface area contributed by atoms with Crippen molar-refractivity contribution in [2.24, 2.45) is 0 Å². The number of aromatic nitrogens is 6. The van der Waals surface area contributed by atoms with E-state index in [1.54, 1.807) is 0 Å². The van der Waals surface area contributed by atoms with Crippen LogP contribution in [0.2, 0.25) is 0 Å². The summed E-state index contributed by atoms with van der Waals surface area (Å²) in [6, 6.07) is 178. The summed E-state index contributed by atoms with van der Waals surface area (Å²) in [7, 11) is 0. The maximum Gasteiger partial charge on any atom is 0.160 e. The summed E-state index contributed by atoms with van der Waals surface area (Å²) >= 11 is 0. The molecule has 6 nitrogen and oxygen atoms in total. The lowest BCUT2D eigenvalue weighted by molar-refractivity contribution is 0.769. The van der Waals surface area contributed by atoms with Crippen molar-refractivity contribution in [2.75, 3.05) is 0 Å². The molecule has 0 fully saturated rings. The minimum atomic E-state index is -0.502. The standard InChI is InChI=1S/C66H43N3.C60H39N3/c1-5-17-44(18-6-1)46-29-33-48(34-30-46)60-43-61(69-65(68-60)51-39-31-47(32-40-51)45-19-7-2-8-20-45)49-35-37-50(38-36-49)64-56-41-42-58-63(62(56)55-26-14-16-28-59(55)67-64)54-25-13-15-27-57(54)66(58,52-21-9-3-10-22-52)53-23-11-4-12-24-53;1-5-17-40(18-6-1)41-29-31-42(32-30-41)54-39-55(63-59(62-54)45-19-7-2-8-20-45)43-33-35-44(36-34-43)58-50-37-38-52-57(56(50)49-26-14-16-28-53(49)61-58)48-25-13-15-27-51(48)60(52,46-21-9-3-10-22-46)47-23-11-4-12-24-47/h1-43H;1-39H. The van der Waals surface area contributed by atoms with Gasteiger partial charge in [-0.25, -0.2) is 29.9 Å². The molecule has 2 aliphatic rings. The zero-order valence-electron chi connectivity index (χ0n) is 72.0. The molecule has 616 valence electrons. The van der Waals surface area contributed by atoms with E-state index < -0.39 is 10.8 Å². The van der Waals surface area contributed by atoms with E-state index in [4.69, 9.17) is 29.9 Å². The number of benzene rings is 19. The third-order valence-electron chi connectivity index (χ3n) is 26.8. The van der Waals surface area contributed by atoms with Gasteiger partial charge in [0.1, 0.15) is 0 Å². The third-order valence-corrected chi connectivity index (χ3v) is 26.8. The quantitative estimate of drug-likeness (QED) is 0.0952. The van der Waals surface area contributed by atoms with Crippen LogP contribution < -0.4 is 0 Å². The van der Waals surface area contributed by atoms with E-state index in [1.165, 1.54) is 99.8 Å². The van der Waals surface area contributed by atoms with Crippen molar-refractivity contribution < 1.29 is 0 Å². The van der Waals surface area contributed by atoms with Crippen molar-refractivity contribution in [3.8, 4) is 146 Å². The highest BCUT2D eigenvalue weighted by atomic mass is 14.9. The molecule has 23 aromatic rings. The van der Waals surface area contributed by atoms with Gasteiger partial charge in [-0.3, -0.25) is 0 Å². The minimum absolute atomic E-state index is 0.492. The normalized spacial score (nSPS) is 12.5. The van der Waals surface area contributed by atoms with Gasteiger partial charge in [-0.2, -0.15) is 0 Å². The Labute approximate surface area is 766 Å². The fraction of sp³-hybridized carbons (Fsp3) is 0.0159. The number of rotatable bonds is 15. The van der Waals surface area contributed by atoms with E-state index in [0.29, 0.717) is 11.6 Å². The van der Waals surface area contributed by atoms with Crippen LogP contribution in [-0.2, 0) is 10.8 Å². The first kappa shape index (κ1) is 78.2. The molecule has 0 aliphatic heterocycles. The zero-order valence-corrected chi connectivity index (χ0v) is 72.0. The monoisotopic (exact) mass is 1680 g/mol. The molecule has 0 amide bonds. The number of hydrogen-bond donors (Lipinski definition) is 0. The fourth-order valence-corrected chi connectivity index (χ4v) is 20.7. The average molecular weight is 1680 g/mol. The lowest BCUT2D eigenvalue weighted by atomic mass is 9.67. The van der Waals surface area contributed by atoms with Crippen LogP contribution in [0.25, 0.3) is 189 Å². The Balaban J connectivity index is 0.000000146. The van der Waals surface area contributed by atoms with Crippen molar-refractivity contribution in [2.45, 2.75) is 10.8 Å². The van der Waals surface area contributed by atoms with Crippen molar-refractivity contribution >= 4 is 43.4 Å². The van der Waals surface area contributed by atoms with Gasteiger partial charge in [0, 0.05) is 76.8 Å². The molecule has 19 aromatic carbocycles. The zero-order chi connectivity index (χ0) is 87.5. The predicted molar refractivity (Wildman–Crippen MR) is 544 cm³/mol. The van der Waals surface area contributed by atoms with Gasteiger partial charge in [-0.05, 0) is 124 Å². The van der Waals surface area contributed by atoms with Crippen LogP contribution in [-0.4, -0.2) is 29.9 Å². The van der Waals surface area contributed by atoms with Gasteiger partial charge in [0.05, 0.1) is 56.0 Å². The molecular formula is C126H82N6. The van der Waals surface area contributed by atoms with Gasteiger partial charge in [0.2, 0.25) is 0 Å². The summed E-state index contributed by atoms with van der Waals surface area (Å²) in [5.41, 5.74) is 36.6. The molecule has 25 rings (SSSR count). The van der Waals surface area contributed by atoms with Gasteiger partial charge < -0.3 is 0 Å². The topological polar surface area (TPSA) is 77.3 Å². The minimum Gasteiger partial charge on any atom is -0.247 e. The van der Waals surface area contributed by atoms with E-state index in [-0.39, 0.29) is 0 Å². The van der Waals surface area contributed by atoms with Crippen LogP contribution >= 0.6 is 0 Å². The highest BCUT2D eigenvalue weighted by molar-refractivity contribution is 6.21. The van der Waals surface area contributed by atoms with Crippen LogP contribution in [0.4, 0.5) is 0 Å². The molecule has 0 atom stereocenters. The number of hydrogen-bond acceptors (Lipinski definition) is 6. The van der Waals surface area contributed by atoms with Crippen molar-refractivity contribution in [1.82, 2.24) is 29.9 Å². The first-order valence-electron chi connectivity index (χ1n) is 45.1. The van der Waals surface area contributed by atoms with Crippen LogP contribution in [0.15, 0.2) is 497 Å². The molecule has 4 aromatic heterocycles. The summed E-state index contributed by atoms with van der Waals surface area (Å²) in [5.74, 6) is 1.37. The highest BCUT2D eigenvalue weighted by Gasteiger charge is 2.49. The summed E-state index contributed by atoms with van der Waals surface area (Å²) < 4.78 is 0. The van der Waals surface area contributed by atoms with E-state index in [1.807, 2.05) is 36.4 Å². The molecule has 0 N–H and O–H groups in total. The summed E-state index contributed by atoms with van der Waals surface area (Å²) in [6.07, 6.45) is 0. The summed E-state index contributed by atoms with van der Waals surface area (Å²) in [5, 5.41) is 6.99. The molecule has 0 unspecified atom stereocenters. The molecule has 0 bridgehead atoms. The second-order valence-electron chi connectivity index (χ2n) is 34.1. The maximum absolute atomic E-state index is 5.45. The average Bonchev–Trinajstić information content (AvgIpc) is 1.52. The Morgan fingerprint density at radius 2 is 0.386 bits per heavy atom. The molecule has 0 saturated heterocycles. The highest BCUT2D eigenvalue weighted by Crippen LogP contribution is 2.61. The van der Waals surface area contributed by atoms with E-state index in [9.17, 15) is 0 Å². The Morgan fingerprint density at radius 1 is 0.152 bits per heavy atom. The molecule has 132 heavy (non-hydrogen) atoms. The van der Waals surface area contributed by atoms with Crippen LogP contribution in [0.1, 0.15) is 44.5 Å². The Hall–Kier alpha value is -17.3. The van der Waals surface area contributed by atoms with Crippen LogP contribution in [0, 0.1) is 0 Å². The van der Waals surface area contributed by atoms with Crippen molar-refractivity contribution in [1.29, 1.82) is 0 Å². The summed E-state index contributed by atoms with van der Waals surface area (Å²) in [6.45, 7) is 0. The Morgan fingerprint density at radius 3 is 0.705 bits per heavy atom. The first-order chi connectivity index (χ1) is 65.4. The predicted octanol–water partition coefficient (Wildman–Crippen LogP) is 31.4. The number of nitrogens with zero attached hydrogens (tertiary/aromatic N) is 6. The third kappa shape index (κ3) is 13.5. The summed E-state index contributed by atoms with van der Waals surface area (Å²) in [4.78, 5) is 31.6. The van der Waals surface area contributed by atoms with Crippen molar-refractivity contribution in [3.63, 3.8) is 0 Å². The lowest BCUT2D eigenvalue weighted by Gasteiger charge is -2.34. The van der Waals surface area contributed by atoms with Crippen LogP contribution in [0.3, 0.4) is 0 Å². The van der Waals surface area contributed by atoms with Gasteiger partial charge in [0.25, 0.3) is 0 Å². The maximum atomic E-state index is 5.45. The molecule has 0 spiro atoms. The van der Waals surface area contributed by atoms with Gasteiger partial charge >= 0.3 is 0 Å². The lowest BCUT2D eigenvalue weighted by Crippen LogP contribution is -2.28. The van der Waals surface area contributed by atoms with E-state index in [0.717, 1.165) is 122 Å². The van der Waals surface area contributed by atoms with Crippen LogP contribution in [0.5, 0.6) is 0 Å². The molecule has 0 radical (unpaired) electrons. The fourth-order valence-electron chi connectivity index (χ4n) is 20.7. The number of fused-ring (bicyclic) bond motifs is 14. The Kier molecular flexibility index (Phi) is 19.6. The second-order valence-corrected chi connectivity index (χ2v) is 34.1. The molecule has 4 heterocycles. The Bertz CT molecular complexity index is 8090. The molecule has 0 saturated carbocycles. The largest absolute Gasteiger partial charge is 0.247 e. The smallest absolute Gasteiger partial charge is 0.160 e. The van der Waals surface area contributed by atoms with E-state index >= 15 is 0 Å². The van der Waals surface area contributed by atoms with Gasteiger partial charge in [-0.15, -0.1) is 0 Å². The second kappa shape index (κ2) is 33.1. The SMILES string of the molecule is c1ccc(-c2ccc(-c3cc(-c4ccc(-c5nc6ccccc6c6c7c(ccc56)C(c5ccccc5)(c5ccccc5)c5ccccc5-7)cc4)nc(-c4ccc(-c5ccccc5)cc4)n3)cc2)cc1.c1ccc(-c2ccc(-c3cc(-c4ccc(-c5nc6ccccc6c6c7c(ccc56)C(c5ccccc5)(c5ccccc5)c5ccccc5-7)cc4)nc(-c4ccccc4)n3)cc2)cc1. The van der Waals surface area contributed by atoms with Gasteiger partial charge in [-0.1, -0.05) is 473 Å². The first-order valence-corrected chi connectivity index (χ1v) is 45.1. The molecule has 2 aliphatic carbocycles. The molecular weight excluding hydrogens is 1600 g/mol. The van der Waals surface area contributed by atoms with Gasteiger partial charge in [0.15, 0.2) is 11.6 Å². The van der Waals surface area contributed by atoms with E-state index in [2.05, 4.69) is 461 Å². The number of pyridine rings is 2. The van der Waals surface area contributed by atoms with Crippen molar-refractivity contribution in [3.05, 3.63) is 542 Å². The number of para-hydroxylation sites is 2. The molecule has 6 heteroatoms.